The van der Waals surface area contributed by atoms with E-state index >= 15 is 0 Å². The van der Waals surface area contributed by atoms with Gasteiger partial charge in [-0.15, -0.1) is 0 Å². The number of nitrogens with zero attached hydrogens (tertiary/aromatic N) is 3. The lowest BCUT2D eigenvalue weighted by atomic mass is 10.5. The molecule has 2 heterocycles. The van der Waals surface area contributed by atoms with E-state index in [9.17, 15) is 0 Å². The summed E-state index contributed by atoms with van der Waals surface area (Å²) < 4.78 is 1.66. The summed E-state index contributed by atoms with van der Waals surface area (Å²) in [6.45, 7) is 0.153. The molecule has 2 aromatic rings. The summed E-state index contributed by atoms with van der Waals surface area (Å²) in [7, 11) is 0. The first-order chi connectivity index (χ1) is 6.33. The molecule has 70 valence electrons. The largest absolute Gasteiger partial charge is 0.394 e. The maximum absolute atomic E-state index is 8.57. The topological polar surface area (TPSA) is 77.7 Å². The van der Waals surface area contributed by atoms with E-state index in [-0.39, 0.29) is 13.2 Å². The molecule has 0 amide bonds. The standard InChI is InChI=1S/C7H10N4O2/c8-7-3-6-4-9-5-10(6)11(7)13-2-1-12/h3-5,12H,1-2,8H2. The Morgan fingerprint density at radius 1 is 1.62 bits per heavy atom. The molecule has 0 aromatic carbocycles. The van der Waals surface area contributed by atoms with Crippen molar-refractivity contribution in [3.63, 3.8) is 0 Å². The zero-order valence-corrected chi connectivity index (χ0v) is 6.92. The van der Waals surface area contributed by atoms with Gasteiger partial charge in [0.25, 0.3) is 0 Å². The summed E-state index contributed by atoms with van der Waals surface area (Å²) in [5, 5.41) is 8.57. The van der Waals surface area contributed by atoms with Crippen LogP contribution in [-0.2, 0) is 0 Å². The van der Waals surface area contributed by atoms with Crippen molar-refractivity contribution in [2.45, 2.75) is 0 Å². The molecule has 2 aromatic heterocycles. The highest BCUT2D eigenvalue weighted by molar-refractivity contribution is 5.52. The van der Waals surface area contributed by atoms with Crippen LogP contribution in [0.4, 0.5) is 5.82 Å². The Hall–Kier alpha value is -1.69. The van der Waals surface area contributed by atoms with Gasteiger partial charge in [-0.3, -0.25) is 0 Å². The van der Waals surface area contributed by atoms with Gasteiger partial charge in [0.1, 0.15) is 12.9 Å². The Kier molecular flexibility index (Phi) is 1.82. The van der Waals surface area contributed by atoms with Crippen LogP contribution in [0.1, 0.15) is 0 Å². The lowest BCUT2D eigenvalue weighted by Crippen LogP contribution is -2.20. The van der Waals surface area contributed by atoms with Crippen molar-refractivity contribution in [1.29, 1.82) is 0 Å². The third kappa shape index (κ3) is 1.20. The van der Waals surface area contributed by atoms with E-state index in [1.165, 1.54) is 4.85 Å². The van der Waals surface area contributed by atoms with Gasteiger partial charge in [-0.25, -0.2) is 9.50 Å². The van der Waals surface area contributed by atoms with Crippen molar-refractivity contribution < 1.29 is 9.94 Å². The van der Waals surface area contributed by atoms with E-state index in [4.69, 9.17) is 15.7 Å². The molecule has 13 heavy (non-hydrogen) atoms. The lowest BCUT2D eigenvalue weighted by Gasteiger charge is -2.07. The number of anilines is 1. The SMILES string of the molecule is Nc1cc2cncn2n1OCCO. The van der Waals surface area contributed by atoms with Crippen LogP contribution in [0.15, 0.2) is 18.6 Å². The number of imidazole rings is 1. The minimum Gasteiger partial charge on any atom is -0.394 e. The minimum absolute atomic E-state index is 0.0478. The summed E-state index contributed by atoms with van der Waals surface area (Å²) in [5.41, 5.74) is 6.50. The molecule has 6 heteroatoms. The molecule has 0 saturated carbocycles. The molecule has 0 unspecified atom stereocenters. The van der Waals surface area contributed by atoms with Crippen LogP contribution in [0.3, 0.4) is 0 Å². The van der Waals surface area contributed by atoms with Crippen molar-refractivity contribution in [2.75, 3.05) is 18.9 Å². The highest BCUT2D eigenvalue weighted by Gasteiger charge is 2.05. The number of nitrogen functional groups attached to an aromatic ring is 1. The molecule has 2 rings (SSSR count). The maximum Gasteiger partial charge on any atom is 0.162 e. The summed E-state index contributed by atoms with van der Waals surface area (Å²) >= 11 is 0. The minimum atomic E-state index is -0.0478. The van der Waals surface area contributed by atoms with Crippen molar-refractivity contribution >= 4 is 11.3 Å². The van der Waals surface area contributed by atoms with Crippen LogP contribution in [0.25, 0.3) is 5.52 Å². The molecular weight excluding hydrogens is 172 g/mol. The second-order valence-corrected chi connectivity index (χ2v) is 2.56. The monoisotopic (exact) mass is 182 g/mol. The van der Waals surface area contributed by atoms with Crippen molar-refractivity contribution in [3.05, 3.63) is 18.6 Å². The second-order valence-electron chi connectivity index (χ2n) is 2.56. The summed E-state index contributed by atoms with van der Waals surface area (Å²) in [5.74, 6) is 0.478. The third-order valence-corrected chi connectivity index (χ3v) is 1.66. The molecule has 0 aliphatic carbocycles. The second kappa shape index (κ2) is 2.98. The molecule has 0 aliphatic heterocycles. The zero-order chi connectivity index (χ0) is 9.26. The molecule has 6 nitrogen and oxygen atoms in total. The molecule has 0 spiro atoms. The van der Waals surface area contributed by atoms with Crippen LogP contribution < -0.4 is 10.6 Å². The van der Waals surface area contributed by atoms with Gasteiger partial charge >= 0.3 is 0 Å². The Morgan fingerprint density at radius 2 is 2.46 bits per heavy atom. The molecule has 0 aliphatic rings. The number of nitrogens with two attached hydrogens (primary N) is 1. The molecule has 0 saturated heterocycles. The quantitative estimate of drug-likeness (QED) is 0.647. The van der Waals surface area contributed by atoms with E-state index in [1.807, 2.05) is 0 Å². The Labute approximate surface area is 74.1 Å². The first-order valence-corrected chi connectivity index (χ1v) is 3.86. The zero-order valence-electron chi connectivity index (χ0n) is 6.92. The van der Waals surface area contributed by atoms with Gasteiger partial charge in [0.2, 0.25) is 0 Å². The van der Waals surface area contributed by atoms with Crippen molar-refractivity contribution in [2.24, 2.45) is 0 Å². The number of aliphatic hydroxyl groups is 1. The van der Waals surface area contributed by atoms with Gasteiger partial charge in [0, 0.05) is 6.07 Å². The van der Waals surface area contributed by atoms with Crippen LogP contribution in [0.5, 0.6) is 0 Å². The molecule has 0 atom stereocenters. The van der Waals surface area contributed by atoms with E-state index in [1.54, 1.807) is 23.1 Å². The number of hydrogen-bond acceptors (Lipinski definition) is 4. The predicted octanol–water partition coefficient (Wildman–Crippen LogP) is -0.861. The van der Waals surface area contributed by atoms with E-state index in [2.05, 4.69) is 4.98 Å². The summed E-state index contributed by atoms with van der Waals surface area (Å²) in [6, 6.07) is 1.74. The third-order valence-electron chi connectivity index (χ3n) is 1.66. The highest BCUT2D eigenvalue weighted by Crippen LogP contribution is 2.09. The Balaban J connectivity index is 2.39. The fourth-order valence-corrected chi connectivity index (χ4v) is 1.15. The molecule has 0 radical (unpaired) electrons. The van der Waals surface area contributed by atoms with Crippen molar-refractivity contribution in [1.82, 2.24) is 14.3 Å². The van der Waals surface area contributed by atoms with Gasteiger partial charge in [0.15, 0.2) is 5.82 Å². The fraction of sp³-hybridized carbons (Fsp3) is 0.286. The number of fused-ring (bicyclic) bond motifs is 1. The maximum atomic E-state index is 8.57. The number of hydrogen-bond donors (Lipinski definition) is 2. The van der Waals surface area contributed by atoms with Crippen molar-refractivity contribution in [3.8, 4) is 0 Å². The average Bonchev–Trinajstić information content (AvgIpc) is 2.62. The van der Waals surface area contributed by atoms with Crippen LogP contribution in [0, 0.1) is 0 Å². The van der Waals surface area contributed by atoms with E-state index in [0.717, 1.165) is 5.52 Å². The van der Waals surface area contributed by atoms with E-state index < -0.39 is 0 Å². The summed E-state index contributed by atoms with van der Waals surface area (Å²) in [6.07, 6.45) is 3.26. The van der Waals surface area contributed by atoms with Gasteiger partial charge < -0.3 is 15.7 Å². The predicted molar refractivity (Wildman–Crippen MR) is 46.1 cm³/mol. The van der Waals surface area contributed by atoms with Gasteiger partial charge in [-0.1, -0.05) is 4.85 Å². The fourth-order valence-electron chi connectivity index (χ4n) is 1.15. The first-order valence-electron chi connectivity index (χ1n) is 3.86. The number of aromatic nitrogens is 3. The highest BCUT2D eigenvalue weighted by atomic mass is 16.7. The van der Waals surface area contributed by atoms with Gasteiger partial charge in [-0.2, -0.15) is 0 Å². The molecule has 0 bridgehead atoms. The molecule has 3 N–H and O–H groups in total. The number of rotatable bonds is 3. The Bertz CT molecular complexity index is 405. The van der Waals surface area contributed by atoms with Crippen LogP contribution in [-0.4, -0.2) is 32.7 Å². The lowest BCUT2D eigenvalue weighted by molar-refractivity contribution is 0.0514. The van der Waals surface area contributed by atoms with Gasteiger partial charge in [0.05, 0.1) is 18.3 Å². The Morgan fingerprint density at radius 3 is 3.23 bits per heavy atom. The van der Waals surface area contributed by atoms with Gasteiger partial charge in [-0.05, 0) is 0 Å². The average molecular weight is 182 g/mol. The normalized spacial score (nSPS) is 10.8. The molecule has 0 fully saturated rings. The smallest absolute Gasteiger partial charge is 0.162 e. The molecular formula is C7H10N4O2. The number of aliphatic hydroxyl groups excluding tert-OH is 1. The van der Waals surface area contributed by atoms with E-state index in [0.29, 0.717) is 5.82 Å². The summed E-state index contributed by atoms with van der Waals surface area (Å²) in [4.78, 5) is 10.5. The van der Waals surface area contributed by atoms with Crippen LogP contribution in [0.2, 0.25) is 0 Å². The first kappa shape index (κ1) is 7.93. The van der Waals surface area contributed by atoms with Crippen LogP contribution >= 0.6 is 0 Å².